The number of likely N-dealkylation sites (tertiary alicyclic amines) is 1. The van der Waals surface area contributed by atoms with E-state index in [1.807, 2.05) is 30.3 Å². The average Bonchev–Trinajstić information content (AvgIpc) is 3.09. The van der Waals surface area contributed by atoms with Crippen LogP contribution in [-0.2, 0) is 4.79 Å². The third kappa shape index (κ3) is 3.97. The number of hydrogen-bond donors (Lipinski definition) is 1. The summed E-state index contributed by atoms with van der Waals surface area (Å²) in [5, 5.41) is 3.23. The van der Waals surface area contributed by atoms with Crippen molar-refractivity contribution in [2.24, 2.45) is 0 Å². The van der Waals surface area contributed by atoms with Crippen LogP contribution in [0.25, 0.3) is 0 Å². The maximum Gasteiger partial charge on any atom is 0.234 e. The van der Waals surface area contributed by atoms with Crippen molar-refractivity contribution in [2.75, 3.05) is 32.9 Å². The Morgan fingerprint density at radius 2 is 1.77 bits per heavy atom. The molecule has 6 heteroatoms. The van der Waals surface area contributed by atoms with E-state index >= 15 is 0 Å². The number of para-hydroxylation sites is 1. The second-order valence-electron chi connectivity index (χ2n) is 8.18. The first kappa shape index (κ1) is 19.2. The van der Waals surface area contributed by atoms with E-state index in [0.717, 1.165) is 55.0 Å². The van der Waals surface area contributed by atoms with Gasteiger partial charge in [0.2, 0.25) is 5.91 Å². The van der Waals surface area contributed by atoms with Crippen molar-refractivity contribution >= 4 is 5.91 Å². The minimum absolute atomic E-state index is 0.0153. The predicted octanol–water partition coefficient (Wildman–Crippen LogP) is 3.62. The number of nitrogens with zero attached hydrogens (tertiary/aromatic N) is 1. The van der Waals surface area contributed by atoms with E-state index in [9.17, 15) is 4.79 Å². The van der Waals surface area contributed by atoms with Crippen LogP contribution < -0.4 is 19.5 Å². The smallest absolute Gasteiger partial charge is 0.234 e. The predicted molar refractivity (Wildman–Crippen MR) is 113 cm³/mol. The minimum Gasteiger partial charge on any atom is -0.493 e. The fourth-order valence-electron chi connectivity index (χ4n) is 4.70. The van der Waals surface area contributed by atoms with Crippen molar-refractivity contribution in [1.82, 2.24) is 10.2 Å². The van der Waals surface area contributed by atoms with Gasteiger partial charge in [0.1, 0.15) is 5.75 Å². The maximum absolute atomic E-state index is 12.9. The second kappa shape index (κ2) is 8.56. The molecule has 0 saturated carbocycles. The van der Waals surface area contributed by atoms with E-state index in [2.05, 4.69) is 22.3 Å². The van der Waals surface area contributed by atoms with E-state index < -0.39 is 0 Å². The molecular formula is C24H28N2O4. The molecule has 0 aromatic heterocycles. The Morgan fingerprint density at radius 1 is 0.933 bits per heavy atom. The highest BCUT2D eigenvalue weighted by Crippen LogP contribution is 2.38. The van der Waals surface area contributed by atoms with Crippen molar-refractivity contribution in [3.05, 3.63) is 53.6 Å². The molecule has 1 amide bonds. The lowest BCUT2D eigenvalue weighted by molar-refractivity contribution is -0.123. The van der Waals surface area contributed by atoms with E-state index in [-0.39, 0.29) is 18.0 Å². The monoisotopic (exact) mass is 408 g/mol. The summed E-state index contributed by atoms with van der Waals surface area (Å²) < 4.78 is 17.3. The number of hydrogen-bond acceptors (Lipinski definition) is 5. The molecule has 2 aromatic rings. The molecule has 3 aliphatic rings. The van der Waals surface area contributed by atoms with Crippen molar-refractivity contribution in [1.29, 1.82) is 0 Å². The summed E-state index contributed by atoms with van der Waals surface area (Å²) in [6.45, 7) is 3.33. The van der Waals surface area contributed by atoms with Crippen molar-refractivity contribution < 1.29 is 19.0 Å². The standard InChI is InChI=1S/C24H28N2O4/c27-24(25-19-10-14-30-21-7-2-1-5-18(19)21)16-26-11-3-6-20(26)17-8-9-22-23(15-17)29-13-4-12-28-22/h1-2,5,7-9,15,19-20H,3-4,6,10-14,16H2,(H,25,27)/t19-,20-/m1/s1. The van der Waals surface area contributed by atoms with Crippen molar-refractivity contribution in [2.45, 2.75) is 37.8 Å². The molecule has 0 spiro atoms. The van der Waals surface area contributed by atoms with Crippen LogP contribution in [0.4, 0.5) is 0 Å². The lowest BCUT2D eigenvalue weighted by Gasteiger charge is -2.29. The fourth-order valence-corrected chi connectivity index (χ4v) is 4.70. The number of carbonyl (C=O) groups excluding carboxylic acids is 1. The molecule has 3 heterocycles. The SMILES string of the molecule is O=C(CN1CCC[C@@H]1c1ccc2c(c1)OCCCO2)N[C@@H]1CCOc2ccccc21. The largest absolute Gasteiger partial charge is 0.493 e. The van der Waals surface area contributed by atoms with E-state index in [1.165, 1.54) is 5.56 Å². The summed E-state index contributed by atoms with van der Waals surface area (Å²) in [7, 11) is 0. The second-order valence-corrected chi connectivity index (χ2v) is 8.18. The van der Waals surface area contributed by atoms with Gasteiger partial charge in [-0.1, -0.05) is 24.3 Å². The molecule has 0 aliphatic carbocycles. The third-order valence-corrected chi connectivity index (χ3v) is 6.16. The highest BCUT2D eigenvalue weighted by molar-refractivity contribution is 5.78. The van der Waals surface area contributed by atoms with E-state index in [4.69, 9.17) is 14.2 Å². The number of ether oxygens (including phenoxy) is 3. The molecular weight excluding hydrogens is 380 g/mol. The van der Waals surface area contributed by atoms with Crippen LogP contribution in [0, 0.1) is 0 Å². The zero-order valence-electron chi connectivity index (χ0n) is 17.1. The summed E-state index contributed by atoms with van der Waals surface area (Å²) in [4.78, 5) is 15.2. The summed E-state index contributed by atoms with van der Waals surface area (Å²) in [5.74, 6) is 2.58. The zero-order valence-corrected chi connectivity index (χ0v) is 17.1. The van der Waals surface area contributed by atoms with E-state index in [0.29, 0.717) is 26.4 Å². The first-order chi connectivity index (χ1) is 14.8. The van der Waals surface area contributed by atoms with Crippen LogP contribution in [0.3, 0.4) is 0 Å². The summed E-state index contributed by atoms with van der Waals surface area (Å²) in [5.41, 5.74) is 2.26. The van der Waals surface area contributed by atoms with Gasteiger partial charge < -0.3 is 19.5 Å². The Hall–Kier alpha value is -2.73. The normalized spacial score (nSPS) is 23.2. The summed E-state index contributed by atoms with van der Waals surface area (Å²) in [6.07, 6.45) is 3.84. The molecule has 30 heavy (non-hydrogen) atoms. The number of fused-ring (bicyclic) bond motifs is 2. The molecule has 5 rings (SSSR count). The Morgan fingerprint density at radius 3 is 2.70 bits per heavy atom. The molecule has 3 aliphatic heterocycles. The number of rotatable bonds is 4. The maximum atomic E-state index is 12.9. The zero-order chi connectivity index (χ0) is 20.3. The van der Waals surface area contributed by atoms with Crippen LogP contribution in [0.1, 0.15) is 48.9 Å². The van der Waals surface area contributed by atoms with Crippen molar-refractivity contribution in [3.63, 3.8) is 0 Å². The number of amides is 1. The molecule has 1 saturated heterocycles. The Labute approximate surface area is 177 Å². The third-order valence-electron chi connectivity index (χ3n) is 6.16. The average molecular weight is 408 g/mol. The molecule has 2 atom stereocenters. The van der Waals surface area contributed by atoms with Gasteiger partial charge in [-0.05, 0) is 43.1 Å². The molecule has 6 nitrogen and oxygen atoms in total. The van der Waals surface area contributed by atoms with Crippen LogP contribution >= 0.6 is 0 Å². The first-order valence-electron chi connectivity index (χ1n) is 10.9. The topological polar surface area (TPSA) is 60.0 Å². The van der Waals surface area contributed by atoms with Crippen LogP contribution in [0.15, 0.2) is 42.5 Å². The van der Waals surface area contributed by atoms with Gasteiger partial charge in [0.05, 0.1) is 32.4 Å². The van der Waals surface area contributed by atoms with Gasteiger partial charge in [-0.15, -0.1) is 0 Å². The molecule has 0 bridgehead atoms. The van der Waals surface area contributed by atoms with Crippen LogP contribution in [-0.4, -0.2) is 43.7 Å². The summed E-state index contributed by atoms with van der Waals surface area (Å²) >= 11 is 0. The lowest BCUT2D eigenvalue weighted by Crippen LogP contribution is -2.40. The molecule has 1 fully saturated rings. The first-order valence-corrected chi connectivity index (χ1v) is 10.9. The molecule has 158 valence electrons. The highest BCUT2D eigenvalue weighted by Gasteiger charge is 2.30. The number of benzene rings is 2. The van der Waals surface area contributed by atoms with Gasteiger partial charge in [-0.3, -0.25) is 9.69 Å². The number of nitrogens with one attached hydrogen (secondary N) is 1. The van der Waals surface area contributed by atoms with Crippen molar-refractivity contribution in [3.8, 4) is 17.2 Å². The van der Waals surface area contributed by atoms with Gasteiger partial charge in [0.15, 0.2) is 11.5 Å². The lowest BCUT2D eigenvalue weighted by atomic mass is 10.0. The van der Waals surface area contributed by atoms with Crippen LogP contribution in [0.5, 0.6) is 17.2 Å². The quantitative estimate of drug-likeness (QED) is 0.837. The number of carbonyl (C=O) groups is 1. The van der Waals surface area contributed by atoms with Gasteiger partial charge in [-0.2, -0.15) is 0 Å². The minimum atomic E-state index is 0.0153. The van der Waals surface area contributed by atoms with Gasteiger partial charge in [0, 0.05) is 24.4 Å². The van der Waals surface area contributed by atoms with Gasteiger partial charge >= 0.3 is 0 Å². The Balaban J connectivity index is 1.26. The molecule has 2 aromatic carbocycles. The molecule has 1 N–H and O–H groups in total. The Kier molecular flexibility index (Phi) is 5.49. The summed E-state index contributed by atoms with van der Waals surface area (Å²) in [6, 6.07) is 14.4. The van der Waals surface area contributed by atoms with Gasteiger partial charge in [-0.25, -0.2) is 0 Å². The fraction of sp³-hybridized carbons (Fsp3) is 0.458. The van der Waals surface area contributed by atoms with Gasteiger partial charge in [0.25, 0.3) is 0 Å². The highest BCUT2D eigenvalue weighted by atomic mass is 16.5. The molecule has 0 radical (unpaired) electrons. The van der Waals surface area contributed by atoms with E-state index in [1.54, 1.807) is 0 Å². The van der Waals surface area contributed by atoms with Crippen LogP contribution in [0.2, 0.25) is 0 Å². The molecule has 0 unspecified atom stereocenters. The Bertz CT molecular complexity index is 916.